The number of hydrogen-bond acceptors (Lipinski definition) is 4. The summed E-state index contributed by atoms with van der Waals surface area (Å²) in [6, 6.07) is 6.33. The molecule has 150 valence electrons. The van der Waals surface area contributed by atoms with Gasteiger partial charge in [0.05, 0.1) is 25.5 Å². The summed E-state index contributed by atoms with van der Waals surface area (Å²) >= 11 is 0. The molecule has 1 atom stereocenters. The molecule has 0 fully saturated rings. The maximum Gasteiger partial charge on any atom is 0.146 e. The topological polar surface area (TPSA) is 46.5 Å². The predicted molar refractivity (Wildman–Crippen MR) is 116 cm³/mol. The van der Waals surface area contributed by atoms with Crippen LogP contribution in [-0.4, -0.2) is 55.7 Å². The molecule has 5 nitrogen and oxygen atoms in total. The average molecular weight is 391 g/mol. The van der Waals surface area contributed by atoms with E-state index in [1.165, 1.54) is 16.5 Å². The maximum atomic E-state index is 11.9. The number of ketones is 1. The summed E-state index contributed by atoms with van der Waals surface area (Å²) < 4.78 is 7.79. The number of methoxy groups -OCH3 is 1. The zero-order valence-corrected chi connectivity index (χ0v) is 18.3. The van der Waals surface area contributed by atoms with Crippen molar-refractivity contribution in [1.82, 2.24) is 14.6 Å². The van der Waals surface area contributed by atoms with Gasteiger partial charge in [-0.1, -0.05) is 13.8 Å². The summed E-state index contributed by atoms with van der Waals surface area (Å²) in [6.45, 7) is 5.76. The molecule has 0 aliphatic carbocycles. The number of aromatic nitrogens is 1. The van der Waals surface area contributed by atoms with Crippen LogP contribution in [0.25, 0.3) is 10.9 Å². The minimum absolute atomic E-state index is 0.309. The van der Waals surface area contributed by atoms with Crippen LogP contribution >= 0.6 is 8.07 Å². The van der Waals surface area contributed by atoms with E-state index in [1.54, 1.807) is 7.11 Å². The van der Waals surface area contributed by atoms with Gasteiger partial charge in [-0.05, 0) is 58.9 Å². The minimum atomic E-state index is -0.433. The van der Waals surface area contributed by atoms with Gasteiger partial charge in [-0.2, -0.15) is 0 Å². The van der Waals surface area contributed by atoms with E-state index in [1.807, 2.05) is 6.07 Å². The number of carbonyl (C=O) groups excluding carboxylic acids is 1. The molecule has 0 amide bonds. The van der Waals surface area contributed by atoms with Gasteiger partial charge in [-0.15, -0.1) is 0 Å². The van der Waals surface area contributed by atoms with E-state index in [2.05, 4.69) is 60.8 Å². The first-order valence-electron chi connectivity index (χ1n) is 9.79. The molecule has 1 unspecified atom stereocenters. The largest absolute Gasteiger partial charge is 0.497 e. The second-order valence-corrected chi connectivity index (χ2v) is 9.49. The number of Topliss-reactive ketones (excluding diaryl/α,β-unsaturated/α-hetero) is 1. The minimum Gasteiger partial charge on any atom is -0.497 e. The van der Waals surface area contributed by atoms with Crippen LogP contribution in [0.5, 0.6) is 5.75 Å². The number of fused-ring (bicyclic) bond motifs is 1. The zero-order chi connectivity index (χ0) is 19.8. The molecule has 27 heavy (non-hydrogen) atoms. The van der Waals surface area contributed by atoms with E-state index in [0.717, 1.165) is 37.6 Å². The molecule has 6 heteroatoms. The lowest BCUT2D eigenvalue weighted by Gasteiger charge is -2.18. The van der Waals surface area contributed by atoms with Crippen LogP contribution in [0.2, 0.25) is 0 Å². The van der Waals surface area contributed by atoms with Gasteiger partial charge in [-0.3, -0.25) is 9.88 Å². The Morgan fingerprint density at radius 3 is 2.70 bits per heavy atom. The second-order valence-electron chi connectivity index (χ2n) is 7.18. The Labute approximate surface area is 164 Å². The third-order valence-electron chi connectivity index (χ3n) is 4.73. The fraction of sp³-hybridized carbons (Fsp3) is 0.571. The standard InChI is InChI=1S/C21H34N3O2P/c1-6-8-18(25)14-22-27(7-2)16-24-15-17(11-12-23(3)4)20-10-9-19(26-5)13-21(20)24/h9-10,13,15,22H,6-8,11-12,14,16H2,1-5H3. The Bertz CT molecular complexity index is 742. The fourth-order valence-electron chi connectivity index (χ4n) is 3.15. The van der Waals surface area contributed by atoms with Crippen molar-refractivity contribution in [2.45, 2.75) is 39.4 Å². The predicted octanol–water partition coefficient (Wildman–Crippen LogP) is 4.09. The first-order valence-corrected chi connectivity index (χ1v) is 11.5. The van der Waals surface area contributed by atoms with Crippen molar-refractivity contribution < 1.29 is 9.53 Å². The molecule has 1 aromatic heterocycles. The van der Waals surface area contributed by atoms with Crippen molar-refractivity contribution in [2.24, 2.45) is 0 Å². The maximum absolute atomic E-state index is 11.9. The van der Waals surface area contributed by atoms with Gasteiger partial charge in [0.1, 0.15) is 11.5 Å². The number of hydrogen-bond donors (Lipinski definition) is 1. The summed E-state index contributed by atoms with van der Waals surface area (Å²) in [5.74, 6) is 1.19. The normalized spacial score (nSPS) is 12.7. The summed E-state index contributed by atoms with van der Waals surface area (Å²) in [5, 5.41) is 4.81. The molecule has 0 spiro atoms. The quantitative estimate of drug-likeness (QED) is 0.554. The molecular formula is C21H34N3O2P. The van der Waals surface area contributed by atoms with Crippen LogP contribution in [0.4, 0.5) is 0 Å². The molecule has 2 aromatic rings. The zero-order valence-electron chi connectivity index (χ0n) is 17.4. The van der Waals surface area contributed by atoms with Gasteiger partial charge in [0.25, 0.3) is 0 Å². The van der Waals surface area contributed by atoms with Crippen molar-refractivity contribution in [3.05, 3.63) is 30.0 Å². The number of rotatable bonds is 12. The Morgan fingerprint density at radius 1 is 1.30 bits per heavy atom. The molecule has 0 bridgehead atoms. The fourth-order valence-corrected chi connectivity index (χ4v) is 4.67. The van der Waals surface area contributed by atoms with Crippen LogP contribution < -0.4 is 9.82 Å². The highest BCUT2D eigenvalue weighted by Crippen LogP contribution is 2.35. The van der Waals surface area contributed by atoms with Gasteiger partial charge >= 0.3 is 0 Å². The Balaban J connectivity index is 2.22. The van der Waals surface area contributed by atoms with Gasteiger partial charge in [0.2, 0.25) is 0 Å². The van der Waals surface area contributed by atoms with Crippen LogP contribution in [-0.2, 0) is 17.5 Å². The van der Waals surface area contributed by atoms with Crippen LogP contribution in [0, 0.1) is 0 Å². The lowest BCUT2D eigenvalue weighted by atomic mass is 10.1. The number of likely N-dealkylation sites (N-methyl/N-ethyl adjacent to an activating group) is 1. The third kappa shape index (κ3) is 6.31. The molecule has 0 aliphatic heterocycles. The molecular weight excluding hydrogens is 357 g/mol. The Hall–Kier alpha value is -1.42. The highest BCUT2D eigenvalue weighted by atomic mass is 31.1. The molecule has 0 aliphatic rings. The summed E-state index contributed by atoms with van der Waals surface area (Å²) in [5.41, 5.74) is 2.58. The Morgan fingerprint density at radius 2 is 2.07 bits per heavy atom. The van der Waals surface area contributed by atoms with Gasteiger partial charge in [0, 0.05) is 30.6 Å². The molecule has 1 N–H and O–H groups in total. The highest BCUT2D eigenvalue weighted by Gasteiger charge is 2.14. The second kappa shape index (κ2) is 10.8. The molecule has 1 aromatic carbocycles. The number of nitrogens with zero attached hydrogens (tertiary/aromatic N) is 2. The molecule has 0 radical (unpaired) electrons. The summed E-state index contributed by atoms with van der Waals surface area (Å²) in [6.07, 6.45) is 6.85. The van der Waals surface area contributed by atoms with E-state index in [-0.39, 0.29) is 0 Å². The summed E-state index contributed by atoms with van der Waals surface area (Å²) in [7, 11) is 5.49. The number of ether oxygens (including phenoxy) is 1. The molecule has 1 heterocycles. The first kappa shape index (κ1) is 21.9. The van der Waals surface area contributed by atoms with Crippen molar-refractivity contribution in [1.29, 1.82) is 0 Å². The first-order chi connectivity index (χ1) is 13.0. The molecule has 0 saturated heterocycles. The number of carbonyl (C=O) groups is 1. The van der Waals surface area contributed by atoms with E-state index in [4.69, 9.17) is 4.74 Å². The van der Waals surface area contributed by atoms with Crippen LogP contribution in [0.15, 0.2) is 24.4 Å². The van der Waals surface area contributed by atoms with E-state index < -0.39 is 8.07 Å². The van der Waals surface area contributed by atoms with Gasteiger partial charge in [-0.25, -0.2) is 0 Å². The van der Waals surface area contributed by atoms with E-state index in [9.17, 15) is 4.79 Å². The smallest absolute Gasteiger partial charge is 0.146 e. The molecule has 0 saturated carbocycles. The molecule has 2 rings (SSSR count). The lowest BCUT2D eigenvalue weighted by molar-refractivity contribution is -0.117. The van der Waals surface area contributed by atoms with Crippen LogP contribution in [0.1, 0.15) is 32.3 Å². The van der Waals surface area contributed by atoms with Crippen molar-refractivity contribution in [3.63, 3.8) is 0 Å². The SMILES string of the molecule is CCCC(=O)CNP(CC)Cn1cc(CCN(C)C)c2ccc(OC)cc21. The van der Waals surface area contributed by atoms with Crippen molar-refractivity contribution >= 4 is 24.8 Å². The van der Waals surface area contributed by atoms with Crippen molar-refractivity contribution in [2.75, 3.05) is 40.5 Å². The lowest BCUT2D eigenvalue weighted by Crippen LogP contribution is -2.20. The van der Waals surface area contributed by atoms with Gasteiger partial charge < -0.3 is 14.2 Å². The average Bonchev–Trinajstić information content (AvgIpc) is 3.00. The van der Waals surface area contributed by atoms with E-state index >= 15 is 0 Å². The Kier molecular flexibility index (Phi) is 8.75. The number of benzene rings is 1. The highest BCUT2D eigenvalue weighted by molar-refractivity contribution is 7.54. The monoisotopic (exact) mass is 391 g/mol. The third-order valence-corrected chi connectivity index (χ3v) is 6.75. The van der Waals surface area contributed by atoms with E-state index in [0.29, 0.717) is 18.7 Å². The van der Waals surface area contributed by atoms with Gasteiger partial charge in [0.15, 0.2) is 0 Å². The van der Waals surface area contributed by atoms with Crippen molar-refractivity contribution in [3.8, 4) is 5.75 Å². The summed E-state index contributed by atoms with van der Waals surface area (Å²) in [4.78, 5) is 14.1. The number of nitrogens with one attached hydrogen (secondary N) is 1. The van der Waals surface area contributed by atoms with Crippen LogP contribution in [0.3, 0.4) is 0 Å².